The second-order valence-electron chi connectivity index (χ2n) is 4.40. The zero-order valence-electron chi connectivity index (χ0n) is 11.3. The number of pyridine rings is 1. The molecule has 1 N–H and O–H groups in total. The van der Waals surface area contributed by atoms with E-state index in [0.717, 1.165) is 44.1 Å². The lowest BCUT2D eigenvalue weighted by Crippen LogP contribution is -2.31. The van der Waals surface area contributed by atoms with E-state index in [1.165, 1.54) is 0 Å². The highest BCUT2D eigenvalue weighted by Crippen LogP contribution is 2.03. The van der Waals surface area contributed by atoms with E-state index >= 15 is 0 Å². The van der Waals surface area contributed by atoms with Gasteiger partial charge < -0.3 is 14.6 Å². The number of hydrogen-bond acceptors (Lipinski definition) is 3. The van der Waals surface area contributed by atoms with Crippen LogP contribution in [-0.4, -0.2) is 40.5 Å². The fourth-order valence-electron chi connectivity index (χ4n) is 2.07. The summed E-state index contributed by atoms with van der Waals surface area (Å²) in [7, 11) is 0. The molecule has 18 heavy (non-hydrogen) atoms. The van der Waals surface area contributed by atoms with E-state index in [1.54, 1.807) is 0 Å². The summed E-state index contributed by atoms with van der Waals surface area (Å²) >= 11 is 0. The normalized spacial score (nSPS) is 11.5. The number of aromatic nitrogens is 2. The maximum atomic E-state index is 4.56. The van der Waals surface area contributed by atoms with Crippen LogP contribution >= 0.6 is 0 Å². The summed E-state index contributed by atoms with van der Waals surface area (Å²) < 4.78 is 2.06. The molecule has 0 radical (unpaired) electrons. The van der Waals surface area contributed by atoms with Gasteiger partial charge in [0.2, 0.25) is 0 Å². The van der Waals surface area contributed by atoms with Gasteiger partial charge in [-0.15, -0.1) is 0 Å². The monoisotopic (exact) mass is 246 g/mol. The smallest absolute Gasteiger partial charge is 0.137 e. The molecule has 0 saturated heterocycles. The highest BCUT2D eigenvalue weighted by molar-refractivity contribution is 5.39. The molecule has 0 aromatic carbocycles. The zero-order valence-corrected chi connectivity index (χ0v) is 11.3. The topological polar surface area (TPSA) is 32.6 Å². The summed E-state index contributed by atoms with van der Waals surface area (Å²) in [6.45, 7) is 9.58. The summed E-state index contributed by atoms with van der Waals surface area (Å²) in [6.07, 6.45) is 4.11. The van der Waals surface area contributed by atoms with Crippen molar-refractivity contribution in [3.63, 3.8) is 0 Å². The molecule has 4 nitrogen and oxygen atoms in total. The van der Waals surface area contributed by atoms with Gasteiger partial charge in [0.25, 0.3) is 0 Å². The molecule has 4 heteroatoms. The molecule has 0 amide bonds. The molecular formula is C14H22N4. The van der Waals surface area contributed by atoms with Gasteiger partial charge in [-0.1, -0.05) is 19.9 Å². The molecule has 98 valence electrons. The minimum absolute atomic E-state index is 0.836. The van der Waals surface area contributed by atoms with Crippen LogP contribution in [0, 0.1) is 0 Å². The first-order valence-electron chi connectivity index (χ1n) is 6.69. The van der Waals surface area contributed by atoms with E-state index in [2.05, 4.69) is 39.6 Å². The van der Waals surface area contributed by atoms with Crippen molar-refractivity contribution in [2.24, 2.45) is 0 Å². The van der Waals surface area contributed by atoms with Gasteiger partial charge in [-0.2, -0.15) is 0 Å². The van der Waals surface area contributed by atoms with Gasteiger partial charge in [-0.3, -0.25) is 0 Å². The summed E-state index contributed by atoms with van der Waals surface area (Å²) in [5.74, 6) is 0. The molecule has 2 aromatic rings. The number of hydrogen-bond donors (Lipinski definition) is 1. The first kappa shape index (κ1) is 13.1. The molecule has 0 aliphatic heterocycles. The largest absolute Gasteiger partial charge is 0.310 e. The van der Waals surface area contributed by atoms with Crippen LogP contribution in [0.15, 0.2) is 30.6 Å². The van der Waals surface area contributed by atoms with E-state index in [1.807, 2.05) is 24.4 Å². The Bertz CT molecular complexity index is 440. The third-order valence-electron chi connectivity index (χ3n) is 3.22. The SMILES string of the molecule is CCN(CC)CCNCc1cn2ccccc2n1. The van der Waals surface area contributed by atoms with Crippen molar-refractivity contribution in [1.82, 2.24) is 19.6 Å². The van der Waals surface area contributed by atoms with Crippen LogP contribution < -0.4 is 5.32 Å². The Morgan fingerprint density at radius 2 is 2.11 bits per heavy atom. The van der Waals surface area contributed by atoms with Crippen molar-refractivity contribution in [3.8, 4) is 0 Å². The minimum atomic E-state index is 0.836. The minimum Gasteiger partial charge on any atom is -0.310 e. The number of fused-ring (bicyclic) bond motifs is 1. The van der Waals surface area contributed by atoms with Gasteiger partial charge in [-0.05, 0) is 25.2 Å². The van der Waals surface area contributed by atoms with Crippen molar-refractivity contribution in [2.45, 2.75) is 20.4 Å². The number of nitrogens with one attached hydrogen (secondary N) is 1. The Hall–Kier alpha value is -1.39. The van der Waals surface area contributed by atoms with Gasteiger partial charge >= 0.3 is 0 Å². The van der Waals surface area contributed by atoms with E-state index in [9.17, 15) is 0 Å². The van der Waals surface area contributed by atoms with Crippen LogP contribution in [0.5, 0.6) is 0 Å². The van der Waals surface area contributed by atoms with Gasteiger partial charge in [0.05, 0.1) is 5.69 Å². The zero-order chi connectivity index (χ0) is 12.8. The molecular weight excluding hydrogens is 224 g/mol. The maximum absolute atomic E-state index is 4.56. The van der Waals surface area contributed by atoms with E-state index in [-0.39, 0.29) is 0 Å². The van der Waals surface area contributed by atoms with Crippen LogP contribution in [0.1, 0.15) is 19.5 Å². The predicted octanol–water partition coefficient (Wildman–Crippen LogP) is 1.77. The summed E-state index contributed by atoms with van der Waals surface area (Å²) in [4.78, 5) is 6.97. The van der Waals surface area contributed by atoms with E-state index in [4.69, 9.17) is 0 Å². The first-order valence-corrected chi connectivity index (χ1v) is 6.69. The van der Waals surface area contributed by atoms with Crippen LogP contribution in [0.25, 0.3) is 5.65 Å². The van der Waals surface area contributed by atoms with Crippen LogP contribution in [0.2, 0.25) is 0 Å². The van der Waals surface area contributed by atoms with Gasteiger partial charge in [0, 0.05) is 32.0 Å². The van der Waals surface area contributed by atoms with Crippen LogP contribution in [0.4, 0.5) is 0 Å². The number of imidazole rings is 1. The third kappa shape index (κ3) is 3.31. The average molecular weight is 246 g/mol. The first-order chi connectivity index (χ1) is 8.83. The highest BCUT2D eigenvalue weighted by Gasteiger charge is 2.01. The Kier molecular flexibility index (Phi) is 4.73. The lowest BCUT2D eigenvalue weighted by molar-refractivity contribution is 0.302. The maximum Gasteiger partial charge on any atom is 0.137 e. The Balaban J connectivity index is 1.80. The molecule has 2 rings (SSSR count). The van der Waals surface area contributed by atoms with Crippen LogP contribution in [0.3, 0.4) is 0 Å². The molecule has 0 aliphatic rings. The van der Waals surface area contributed by atoms with Crippen molar-refractivity contribution < 1.29 is 0 Å². The lowest BCUT2D eigenvalue weighted by Gasteiger charge is -2.17. The molecule has 0 saturated carbocycles. The Morgan fingerprint density at radius 3 is 2.83 bits per heavy atom. The van der Waals surface area contributed by atoms with Crippen molar-refractivity contribution in [3.05, 3.63) is 36.3 Å². The van der Waals surface area contributed by atoms with E-state index < -0.39 is 0 Å². The average Bonchev–Trinajstić information content (AvgIpc) is 2.81. The lowest BCUT2D eigenvalue weighted by atomic mass is 10.4. The van der Waals surface area contributed by atoms with Crippen LogP contribution in [-0.2, 0) is 6.54 Å². The second kappa shape index (κ2) is 6.52. The predicted molar refractivity (Wildman–Crippen MR) is 74.7 cm³/mol. The standard InChI is InChI=1S/C14H22N4/c1-3-17(4-2)10-8-15-11-13-12-18-9-6-5-7-14(18)16-13/h5-7,9,12,15H,3-4,8,10-11H2,1-2H3. The molecule has 0 atom stereocenters. The number of nitrogens with zero attached hydrogens (tertiary/aromatic N) is 3. The summed E-state index contributed by atoms with van der Waals surface area (Å²) in [5, 5.41) is 3.44. The molecule has 0 aliphatic carbocycles. The van der Waals surface area contributed by atoms with Crippen molar-refractivity contribution in [2.75, 3.05) is 26.2 Å². The van der Waals surface area contributed by atoms with Gasteiger partial charge in [0.15, 0.2) is 0 Å². The third-order valence-corrected chi connectivity index (χ3v) is 3.22. The molecule has 0 unspecified atom stereocenters. The second-order valence-corrected chi connectivity index (χ2v) is 4.40. The fourth-order valence-corrected chi connectivity index (χ4v) is 2.07. The number of rotatable bonds is 7. The van der Waals surface area contributed by atoms with Crippen molar-refractivity contribution >= 4 is 5.65 Å². The fraction of sp³-hybridized carbons (Fsp3) is 0.500. The molecule has 2 aromatic heterocycles. The molecule has 2 heterocycles. The Morgan fingerprint density at radius 1 is 1.28 bits per heavy atom. The number of likely N-dealkylation sites (N-methyl/N-ethyl adjacent to an activating group) is 1. The highest BCUT2D eigenvalue weighted by atomic mass is 15.1. The Labute approximate surface area is 109 Å². The van der Waals surface area contributed by atoms with E-state index in [0.29, 0.717) is 0 Å². The molecule has 0 fully saturated rings. The summed E-state index contributed by atoms with van der Waals surface area (Å²) in [5.41, 5.74) is 2.11. The molecule has 0 spiro atoms. The van der Waals surface area contributed by atoms with Crippen molar-refractivity contribution in [1.29, 1.82) is 0 Å². The quantitative estimate of drug-likeness (QED) is 0.756. The van der Waals surface area contributed by atoms with Gasteiger partial charge in [0.1, 0.15) is 5.65 Å². The summed E-state index contributed by atoms with van der Waals surface area (Å²) in [6, 6.07) is 6.06. The van der Waals surface area contributed by atoms with Gasteiger partial charge in [-0.25, -0.2) is 4.98 Å². The molecule has 0 bridgehead atoms.